The molecule has 0 saturated heterocycles. The molecule has 7 heteroatoms. The molecule has 0 aliphatic carbocycles. The van der Waals surface area contributed by atoms with Crippen LogP contribution in [0.15, 0.2) is 47.5 Å². The topological polar surface area (TPSA) is 74.8 Å². The predicted octanol–water partition coefficient (Wildman–Crippen LogP) is 3.61. The lowest BCUT2D eigenvalue weighted by atomic mass is 10.2. The van der Waals surface area contributed by atoms with Gasteiger partial charge in [-0.05, 0) is 37.6 Å². The highest BCUT2D eigenvalue weighted by atomic mass is 16.5. The minimum Gasteiger partial charge on any atom is -0.497 e. The largest absolute Gasteiger partial charge is 0.497 e. The second-order valence-corrected chi connectivity index (χ2v) is 7.07. The summed E-state index contributed by atoms with van der Waals surface area (Å²) in [5, 5.41) is 3.37. The Morgan fingerprint density at radius 1 is 1.17 bits per heavy atom. The molecule has 0 atom stereocenters. The molecule has 0 spiro atoms. The normalized spacial score (nSPS) is 11.5. The van der Waals surface area contributed by atoms with Gasteiger partial charge in [0.05, 0.1) is 25.3 Å². The molecule has 0 amide bonds. The molecule has 0 bridgehead atoms. The number of aliphatic imine (C=N–C) groups is 1. The summed E-state index contributed by atoms with van der Waals surface area (Å²) in [5.74, 6) is 3.47. The number of nitrogens with zero attached hydrogens (tertiary/aromatic N) is 3. The Balaban J connectivity index is 1.60. The zero-order valence-corrected chi connectivity index (χ0v) is 18.2. The predicted molar refractivity (Wildman–Crippen MR) is 121 cm³/mol. The summed E-state index contributed by atoms with van der Waals surface area (Å²) in [6, 6.07) is 14.0. The molecule has 30 heavy (non-hydrogen) atoms. The highest BCUT2D eigenvalue weighted by Crippen LogP contribution is 2.25. The SMILES string of the molecule is CCNC(=NCCCc1nc2ccccc2[nH]1)N(C)Cc1ccc(OC)cc1OC. The van der Waals surface area contributed by atoms with Crippen molar-refractivity contribution in [2.75, 3.05) is 34.4 Å². The number of imidazole rings is 1. The van der Waals surface area contributed by atoms with E-state index in [0.717, 1.165) is 65.8 Å². The maximum atomic E-state index is 5.52. The molecule has 1 aromatic heterocycles. The van der Waals surface area contributed by atoms with Crippen molar-refractivity contribution >= 4 is 17.0 Å². The highest BCUT2D eigenvalue weighted by molar-refractivity contribution is 5.79. The smallest absolute Gasteiger partial charge is 0.193 e. The number of benzene rings is 2. The Hall–Kier alpha value is -3.22. The summed E-state index contributed by atoms with van der Waals surface area (Å²) in [6.07, 6.45) is 1.79. The van der Waals surface area contributed by atoms with Gasteiger partial charge in [0.2, 0.25) is 0 Å². The van der Waals surface area contributed by atoms with E-state index in [1.807, 2.05) is 43.4 Å². The zero-order chi connectivity index (χ0) is 21.3. The fourth-order valence-corrected chi connectivity index (χ4v) is 3.34. The average molecular weight is 410 g/mol. The van der Waals surface area contributed by atoms with Crippen LogP contribution in [-0.4, -0.2) is 55.2 Å². The number of para-hydroxylation sites is 2. The van der Waals surface area contributed by atoms with Gasteiger partial charge in [0.15, 0.2) is 5.96 Å². The van der Waals surface area contributed by atoms with Gasteiger partial charge in [0, 0.05) is 44.7 Å². The molecule has 2 aromatic carbocycles. The Morgan fingerprint density at radius 2 is 2.00 bits per heavy atom. The average Bonchev–Trinajstić information content (AvgIpc) is 3.19. The fourth-order valence-electron chi connectivity index (χ4n) is 3.34. The molecule has 0 saturated carbocycles. The number of aryl methyl sites for hydroxylation is 1. The second kappa shape index (κ2) is 10.5. The van der Waals surface area contributed by atoms with Crippen LogP contribution in [0.1, 0.15) is 24.7 Å². The lowest BCUT2D eigenvalue weighted by Crippen LogP contribution is -2.38. The van der Waals surface area contributed by atoms with Crippen molar-refractivity contribution in [3.05, 3.63) is 53.9 Å². The minimum atomic E-state index is 0.683. The van der Waals surface area contributed by atoms with Gasteiger partial charge < -0.3 is 24.7 Å². The lowest BCUT2D eigenvalue weighted by molar-refractivity contribution is 0.382. The molecule has 0 fully saturated rings. The molecule has 7 nitrogen and oxygen atoms in total. The van der Waals surface area contributed by atoms with Gasteiger partial charge in [-0.2, -0.15) is 0 Å². The first-order valence-corrected chi connectivity index (χ1v) is 10.3. The van der Waals surface area contributed by atoms with E-state index in [4.69, 9.17) is 14.5 Å². The van der Waals surface area contributed by atoms with Crippen LogP contribution in [0.2, 0.25) is 0 Å². The van der Waals surface area contributed by atoms with Crippen LogP contribution < -0.4 is 14.8 Å². The van der Waals surface area contributed by atoms with E-state index in [1.165, 1.54) is 0 Å². The standard InChI is InChI=1S/C23H31N5O2/c1-5-24-23(28(2)16-17-12-13-18(29-3)15-21(17)30-4)25-14-8-11-22-26-19-9-6-7-10-20(19)27-22/h6-7,9-10,12-13,15H,5,8,11,14,16H2,1-4H3,(H,24,25)(H,26,27). The van der Waals surface area contributed by atoms with Crippen LogP contribution in [0, 0.1) is 0 Å². The van der Waals surface area contributed by atoms with E-state index >= 15 is 0 Å². The second-order valence-electron chi connectivity index (χ2n) is 7.07. The Kier molecular flexibility index (Phi) is 7.54. The number of hydrogen-bond donors (Lipinski definition) is 2. The summed E-state index contributed by atoms with van der Waals surface area (Å²) in [5.41, 5.74) is 3.17. The number of methoxy groups -OCH3 is 2. The molecule has 2 N–H and O–H groups in total. The van der Waals surface area contributed by atoms with Gasteiger partial charge >= 0.3 is 0 Å². The molecule has 0 aliphatic rings. The van der Waals surface area contributed by atoms with Gasteiger partial charge in [-0.1, -0.05) is 12.1 Å². The van der Waals surface area contributed by atoms with E-state index in [1.54, 1.807) is 14.2 Å². The van der Waals surface area contributed by atoms with E-state index in [2.05, 4.69) is 33.2 Å². The van der Waals surface area contributed by atoms with Crippen molar-refractivity contribution in [3.63, 3.8) is 0 Å². The summed E-state index contributed by atoms with van der Waals surface area (Å²) < 4.78 is 10.8. The monoisotopic (exact) mass is 409 g/mol. The van der Waals surface area contributed by atoms with Crippen LogP contribution in [0.25, 0.3) is 11.0 Å². The first kappa shape index (κ1) is 21.5. The summed E-state index contributed by atoms with van der Waals surface area (Å²) in [7, 11) is 5.36. The van der Waals surface area contributed by atoms with Gasteiger partial charge in [0.1, 0.15) is 17.3 Å². The first-order valence-electron chi connectivity index (χ1n) is 10.3. The third-order valence-electron chi connectivity index (χ3n) is 4.87. The number of aromatic nitrogens is 2. The molecular formula is C23H31N5O2. The van der Waals surface area contributed by atoms with Gasteiger partial charge in [0.25, 0.3) is 0 Å². The summed E-state index contributed by atoms with van der Waals surface area (Å²) >= 11 is 0. The van der Waals surface area contributed by atoms with Crippen molar-refractivity contribution in [1.82, 2.24) is 20.2 Å². The third-order valence-corrected chi connectivity index (χ3v) is 4.87. The van der Waals surface area contributed by atoms with Crippen LogP contribution in [0.3, 0.4) is 0 Å². The van der Waals surface area contributed by atoms with Crippen LogP contribution in [0.4, 0.5) is 0 Å². The Morgan fingerprint density at radius 3 is 2.73 bits per heavy atom. The number of aromatic amines is 1. The van der Waals surface area contributed by atoms with E-state index in [9.17, 15) is 0 Å². The van der Waals surface area contributed by atoms with Gasteiger partial charge in [-0.25, -0.2) is 4.98 Å². The van der Waals surface area contributed by atoms with Crippen molar-refractivity contribution in [2.45, 2.75) is 26.3 Å². The fraction of sp³-hybridized carbons (Fsp3) is 0.391. The van der Waals surface area contributed by atoms with Crippen molar-refractivity contribution < 1.29 is 9.47 Å². The zero-order valence-electron chi connectivity index (χ0n) is 18.2. The van der Waals surface area contributed by atoms with Crippen LogP contribution >= 0.6 is 0 Å². The van der Waals surface area contributed by atoms with Gasteiger partial charge in [-0.3, -0.25) is 4.99 Å². The number of fused-ring (bicyclic) bond motifs is 1. The van der Waals surface area contributed by atoms with E-state index in [-0.39, 0.29) is 0 Å². The maximum Gasteiger partial charge on any atom is 0.193 e. The molecule has 0 unspecified atom stereocenters. The minimum absolute atomic E-state index is 0.683. The molecule has 160 valence electrons. The van der Waals surface area contributed by atoms with Crippen molar-refractivity contribution in [3.8, 4) is 11.5 Å². The first-order chi connectivity index (χ1) is 14.6. The molecule has 3 rings (SSSR count). The van der Waals surface area contributed by atoms with E-state index < -0.39 is 0 Å². The lowest BCUT2D eigenvalue weighted by Gasteiger charge is -2.23. The molecule has 1 heterocycles. The number of guanidine groups is 1. The number of ether oxygens (including phenoxy) is 2. The Labute approximate surface area is 178 Å². The Bertz CT molecular complexity index is 950. The van der Waals surface area contributed by atoms with Crippen molar-refractivity contribution in [2.24, 2.45) is 4.99 Å². The van der Waals surface area contributed by atoms with E-state index in [0.29, 0.717) is 6.54 Å². The van der Waals surface area contributed by atoms with Gasteiger partial charge in [-0.15, -0.1) is 0 Å². The quantitative estimate of drug-likeness (QED) is 0.321. The molecule has 0 aliphatic heterocycles. The highest BCUT2D eigenvalue weighted by Gasteiger charge is 2.11. The molecule has 3 aromatic rings. The number of H-pyrrole nitrogens is 1. The third kappa shape index (κ3) is 5.43. The van der Waals surface area contributed by atoms with Crippen LogP contribution in [-0.2, 0) is 13.0 Å². The number of rotatable bonds is 9. The van der Waals surface area contributed by atoms with Crippen LogP contribution in [0.5, 0.6) is 11.5 Å². The maximum absolute atomic E-state index is 5.52. The summed E-state index contributed by atoms with van der Waals surface area (Å²) in [6.45, 7) is 4.30. The van der Waals surface area contributed by atoms with Crippen molar-refractivity contribution in [1.29, 1.82) is 0 Å². The number of hydrogen-bond acceptors (Lipinski definition) is 4. The number of nitrogens with one attached hydrogen (secondary N) is 2. The molecular weight excluding hydrogens is 378 g/mol. The summed E-state index contributed by atoms with van der Waals surface area (Å²) in [4.78, 5) is 14.9. The molecule has 0 radical (unpaired) electrons.